The van der Waals surface area contributed by atoms with Gasteiger partial charge in [-0.05, 0) is 25.0 Å². The molecular formula is C16H26ClIN4OS. The molecule has 0 bridgehead atoms. The molecule has 1 aromatic rings. The molecule has 0 saturated heterocycles. The van der Waals surface area contributed by atoms with Gasteiger partial charge in [0.2, 0.25) is 5.91 Å². The molecule has 0 unspecified atom stereocenters. The first-order chi connectivity index (χ1) is 11.0. The lowest BCUT2D eigenvalue weighted by Gasteiger charge is -2.31. The van der Waals surface area contributed by atoms with E-state index in [4.69, 9.17) is 11.6 Å². The maximum atomic E-state index is 12.6. The minimum absolute atomic E-state index is 0. The molecule has 0 radical (unpaired) electrons. The topological polar surface area (TPSA) is 56.7 Å². The standard InChI is InChI=1S/C16H25ClN4OS.HI/c1-18-15(19-10-12-6-7-13(17)23-12)20-11-16(8-4-5-9-16)14(22)21(2)3;/h6-7H,4-5,8-11H2,1-3H3,(H2,18,19,20);1H. The molecule has 8 heteroatoms. The zero-order valence-electron chi connectivity index (χ0n) is 14.4. The summed E-state index contributed by atoms with van der Waals surface area (Å²) >= 11 is 7.49. The van der Waals surface area contributed by atoms with E-state index in [2.05, 4.69) is 15.6 Å². The summed E-state index contributed by atoms with van der Waals surface area (Å²) in [6.45, 7) is 1.29. The number of nitrogens with zero attached hydrogens (tertiary/aromatic N) is 2. The number of carbonyl (C=O) groups is 1. The summed E-state index contributed by atoms with van der Waals surface area (Å²) in [6, 6.07) is 3.89. The summed E-state index contributed by atoms with van der Waals surface area (Å²) in [7, 11) is 5.40. The number of nitrogens with one attached hydrogen (secondary N) is 2. The second-order valence-corrected chi connectivity index (χ2v) is 7.97. The zero-order valence-corrected chi connectivity index (χ0v) is 18.3. The fraction of sp³-hybridized carbons (Fsp3) is 0.625. The van der Waals surface area contributed by atoms with E-state index in [1.165, 1.54) is 0 Å². The quantitative estimate of drug-likeness (QED) is 0.383. The monoisotopic (exact) mass is 484 g/mol. The lowest BCUT2D eigenvalue weighted by molar-refractivity contribution is -0.138. The number of thiophene rings is 1. The third-order valence-electron chi connectivity index (χ3n) is 4.30. The van der Waals surface area contributed by atoms with Crippen LogP contribution in [-0.2, 0) is 11.3 Å². The molecule has 5 nitrogen and oxygen atoms in total. The Kier molecular flexibility index (Phi) is 8.80. The molecule has 0 spiro atoms. The number of carbonyl (C=O) groups excluding carboxylic acids is 1. The molecule has 1 fully saturated rings. The van der Waals surface area contributed by atoms with Crippen LogP contribution in [0, 0.1) is 5.41 Å². The van der Waals surface area contributed by atoms with Crippen molar-refractivity contribution in [3.05, 3.63) is 21.3 Å². The minimum Gasteiger partial charge on any atom is -0.355 e. The summed E-state index contributed by atoms with van der Waals surface area (Å²) in [5, 5.41) is 6.60. The molecule has 1 aliphatic carbocycles. The molecule has 24 heavy (non-hydrogen) atoms. The van der Waals surface area contributed by atoms with Gasteiger partial charge in [-0.1, -0.05) is 24.4 Å². The summed E-state index contributed by atoms with van der Waals surface area (Å²) in [5.41, 5.74) is -0.298. The van der Waals surface area contributed by atoms with E-state index in [1.807, 2.05) is 26.2 Å². The van der Waals surface area contributed by atoms with Crippen molar-refractivity contribution < 1.29 is 4.79 Å². The average molecular weight is 485 g/mol. The fourth-order valence-electron chi connectivity index (χ4n) is 3.08. The van der Waals surface area contributed by atoms with Crippen LogP contribution in [0.25, 0.3) is 0 Å². The molecule has 1 amide bonds. The van der Waals surface area contributed by atoms with Crippen molar-refractivity contribution in [3.63, 3.8) is 0 Å². The number of guanidine groups is 1. The summed E-state index contributed by atoms with van der Waals surface area (Å²) in [5.74, 6) is 0.926. The number of amides is 1. The predicted molar refractivity (Wildman–Crippen MR) is 113 cm³/mol. The SMILES string of the molecule is CN=C(NCc1ccc(Cl)s1)NCC1(C(=O)N(C)C)CCCC1.I. The van der Waals surface area contributed by atoms with Gasteiger partial charge >= 0.3 is 0 Å². The molecule has 1 aliphatic rings. The van der Waals surface area contributed by atoms with Crippen LogP contribution in [0.2, 0.25) is 4.34 Å². The van der Waals surface area contributed by atoms with Gasteiger partial charge < -0.3 is 15.5 Å². The Morgan fingerprint density at radius 1 is 1.33 bits per heavy atom. The van der Waals surface area contributed by atoms with Gasteiger partial charge in [-0.15, -0.1) is 35.3 Å². The summed E-state index contributed by atoms with van der Waals surface area (Å²) in [6.07, 6.45) is 4.10. The molecule has 1 saturated carbocycles. The highest BCUT2D eigenvalue weighted by Gasteiger charge is 2.42. The van der Waals surface area contributed by atoms with Gasteiger partial charge in [0.25, 0.3) is 0 Å². The lowest BCUT2D eigenvalue weighted by Crippen LogP contribution is -2.49. The van der Waals surface area contributed by atoms with E-state index < -0.39 is 0 Å². The second kappa shape index (κ2) is 9.82. The van der Waals surface area contributed by atoms with Crippen LogP contribution < -0.4 is 10.6 Å². The maximum Gasteiger partial charge on any atom is 0.230 e. The van der Waals surface area contributed by atoms with Crippen LogP contribution in [0.1, 0.15) is 30.6 Å². The Balaban J connectivity index is 0.00000288. The van der Waals surface area contributed by atoms with E-state index in [0.29, 0.717) is 19.0 Å². The van der Waals surface area contributed by atoms with E-state index >= 15 is 0 Å². The highest BCUT2D eigenvalue weighted by Crippen LogP contribution is 2.38. The van der Waals surface area contributed by atoms with E-state index in [1.54, 1.807) is 23.3 Å². The van der Waals surface area contributed by atoms with Gasteiger partial charge in [0.1, 0.15) is 0 Å². The van der Waals surface area contributed by atoms with Crippen LogP contribution in [0.5, 0.6) is 0 Å². The Hall–Kier alpha value is -0.540. The van der Waals surface area contributed by atoms with Crippen molar-refractivity contribution in [1.82, 2.24) is 15.5 Å². The molecule has 2 N–H and O–H groups in total. The van der Waals surface area contributed by atoms with E-state index in [9.17, 15) is 4.79 Å². The van der Waals surface area contributed by atoms with Crippen molar-refractivity contribution in [3.8, 4) is 0 Å². The molecule has 0 aliphatic heterocycles. The maximum absolute atomic E-state index is 12.6. The second-order valence-electron chi connectivity index (χ2n) is 6.17. The normalized spacial score (nSPS) is 16.4. The van der Waals surface area contributed by atoms with Crippen LogP contribution in [0.3, 0.4) is 0 Å². The number of hydrogen-bond acceptors (Lipinski definition) is 3. The van der Waals surface area contributed by atoms with Crippen molar-refractivity contribution in [2.45, 2.75) is 32.2 Å². The van der Waals surface area contributed by atoms with Crippen LogP contribution in [0.15, 0.2) is 17.1 Å². The number of halogens is 2. The van der Waals surface area contributed by atoms with Gasteiger partial charge in [-0.3, -0.25) is 9.79 Å². The number of aliphatic imine (C=N–C) groups is 1. The van der Waals surface area contributed by atoms with Crippen molar-refractivity contribution in [2.75, 3.05) is 27.7 Å². The first-order valence-corrected chi connectivity index (χ1v) is 9.07. The molecule has 136 valence electrons. The largest absolute Gasteiger partial charge is 0.355 e. The molecule has 2 rings (SSSR count). The highest BCUT2D eigenvalue weighted by molar-refractivity contribution is 14.0. The summed E-state index contributed by atoms with van der Waals surface area (Å²) < 4.78 is 0.784. The van der Waals surface area contributed by atoms with Gasteiger partial charge in [0.15, 0.2) is 5.96 Å². The van der Waals surface area contributed by atoms with Gasteiger partial charge in [0, 0.05) is 32.6 Å². The highest BCUT2D eigenvalue weighted by atomic mass is 127. The fourth-order valence-corrected chi connectivity index (χ4v) is 4.11. The van der Waals surface area contributed by atoms with Crippen molar-refractivity contribution in [2.24, 2.45) is 10.4 Å². The van der Waals surface area contributed by atoms with Gasteiger partial charge in [-0.2, -0.15) is 0 Å². The predicted octanol–water partition coefficient (Wildman–Crippen LogP) is 3.33. The third kappa shape index (κ3) is 5.49. The molecule has 1 aromatic heterocycles. The molecule has 1 heterocycles. The van der Waals surface area contributed by atoms with E-state index in [0.717, 1.165) is 34.9 Å². The van der Waals surface area contributed by atoms with Gasteiger partial charge in [0.05, 0.1) is 16.3 Å². The zero-order chi connectivity index (χ0) is 16.9. The Morgan fingerprint density at radius 3 is 2.50 bits per heavy atom. The smallest absolute Gasteiger partial charge is 0.230 e. The first kappa shape index (κ1) is 21.5. The average Bonchev–Trinajstić information content (AvgIpc) is 3.16. The van der Waals surface area contributed by atoms with Crippen LogP contribution >= 0.6 is 46.9 Å². The Labute approximate surface area is 170 Å². The van der Waals surface area contributed by atoms with Crippen LogP contribution in [-0.4, -0.2) is 44.5 Å². The summed E-state index contributed by atoms with van der Waals surface area (Å²) in [4.78, 5) is 19.7. The Morgan fingerprint density at radius 2 is 2.00 bits per heavy atom. The Bertz CT molecular complexity index is 570. The first-order valence-electron chi connectivity index (χ1n) is 7.87. The molecule has 0 aromatic carbocycles. The number of rotatable bonds is 5. The van der Waals surface area contributed by atoms with Gasteiger partial charge in [-0.25, -0.2) is 0 Å². The van der Waals surface area contributed by atoms with E-state index in [-0.39, 0.29) is 35.3 Å². The third-order valence-corrected chi connectivity index (χ3v) is 5.53. The molecular weight excluding hydrogens is 459 g/mol. The minimum atomic E-state index is -0.298. The van der Waals surface area contributed by atoms with Crippen molar-refractivity contribution in [1.29, 1.82) is 0 Å². The van der Waals surface area contributed by atoms with Crippen LogP contribution in [0.4, 0.5) is 0 Å². The molecule has 0 atom stereocenters. The number of hydrogen-bond donors (Lipinski definition) is 2. The lowest BCUT2D eigenvalue weighted by atomic mass is 9.84. The van der Waals surface area contributed by atoms with Crippen molar-refractivity contribution >= 4 is 58.8 Å².